The minimum atomic E-state index is -0.169. The van der Waals surface area contributed by atoms with Crippen LogP contribution >= 0.6 is 0 Å². The van der Waals surface area contributed by atoms with Crippen molar-refractivity contribution < 1.29 is 14.6 Å². The van der Waals surface area contributed by atoms with Crippen molar-refractivity contribution in [2.45, 2.75) is 19.8 Å². The lowest BCUT2D eigenvalue weighted by atomic mass is 10.0. The lowest BCUT2D eigenvalue weighted by molar-refractivity contribution is 0.465. The maximum atomic E-state index is 12.3. The summed E-state index contributed by atoms with van der Waals surface area (Å²) >= 11 is 0. The van der Waals surface area contributed by atoms with E-state index in [9.17, 15) is 15.0 Å². The van der Waals surface area contributed by atoms with Gasteiger partial charge in [-0.3, -0.25) is 4.79 Å². The van der Waals surface area contributed by atoms with E-state index in [1.807, 2.05) is 6.92 Å². The highest BCUT2D eigenvalue weighted by molar-refractivity contribution is 5.83. The fourth-order valence-corrected chi connectivity index (χ4v) is 2.56. The first-order valence-corrected chi connectivity index (χ1v) is 7.18. The first-order chi connectivity index (χ1) is 10.6. The fourth-order valence-electron chi connectivity index (χ4n) is 2.56. The van der Waals surface area contributed by atoms with E-state index in [4.69, 9.17) is 4.42 Å². The number of phenols is 2. The van der Waals surface area contributed by atoms with Crippen LogP contribution < -0.4 is 5.43 Å². The van der Waals surface area contributed by atoms with Gasteiger partial charge in [0.25, 0.3) is 0 Å². The summed E-state index contributed by atoms with van der Waals surface area (Å²) < 4.78 is 5.88. The molecule has 0 unspecified atom stereocenters. The van der Waals surface area contributed by atoms with Gasteiger partial charge in [-0.05, 0) is 30.7 Å². The summed E-state index contributed by atoms with van der Waals surface area (Å²) in [6.07, 6.45) is 1.45. The Morgan fingerprint density at radius 1 is 1.09 bits per heavy atom. The Morgan fingerprint density at radius 3 is 2.64 bits per heavy atom. The Balaban J connectivity index is 2.31. The Labute approximate surface area is 127 Å². The molecule has 1 aromatic heterocycles. The molecule has 2 aromatic carbocycles. The van der Waals surface area contributed by atoms with E-state index in [1.165, 1.54) is 18.2 Å². The second kappa shape index (κ2) is 5.56. The lowest BCUT2D eigenvalue weighted by Gasteiger charge is -2.09. The second-order valence-electron chi connectivity index (χ2n) is 5.22. The number of hydrogen-bond donors (Lipinski definition) is 2. The normalized spacial score (nSPS) is 11.0. The van der Waals surface area contributed by atoms with Crippen molar-refractivity contribution in [1.82, 2.24) is 0 Å². The van der Waals surface area contributed by atoms with E-state index >= 15 is 0 Å². The largest absolute Gasteiger partial charge is 0.508 e. The van der Waals surface area contributed by atoms with Gasteiger partial charge in [0.2, 0.25) is 0 Å². The van der Waals surface area contributed by atoms with Gasteiger partial charge >= 0.3 is 0 Å². The van der Waals surface area contributed by atoms with Crippen LogP contribution in [0.4, 0.5) is 0 Å². The van der Waals surface area contributed by atoms with E-state index in [0.29, 0.717) is 34.3 Å². The van der Waals surface area contributed by atoms with Crippen LogP contribution in [0, 0.1) is 0 Å². The Bertz CT molecular complexity index is 893. The van der Waals surface area contributed by atoms with E-state index in [0.717, 1.165) is 6.42 Å². The number of rotatable bonds is 3. The van der Waals surface area contributed by atoms with Gasteiger partial charge in [0.05, 0.1) is 5.39 Å². The average molecular weight is 296 g/mol. The van der Waals surface area contributed by atoms with Crippen molar-refractivity contribution in [1.29, 1.82) is 0 Å². The van der Waals surface area contributed by atoms with Crippen LogP contribution in [0.15, 0.2) is 51.7 Å². The topological polar surface area (TPSA) is 70.7 Å². The van der Waals surface area contributed by atoms with Crippen molar-refractivity contribution in [3.05, 3.63) is 58.3 Å². The molecular formula is C18H16O4. The van der Waals surface area contributed by atoms with Gasteiger partial charge in [-0.15, -0.1) is 0 Å². The zero-order valence-corrected chi connectivity index (χ0v) is 12.2. The Morgan fingerprint density at radius 2 is 1.91 bits per heavy atom. The molecule has 0 aliphatic rings. The van der Waals surface area contributed by atoms with Crippen molar-refractivity contribution in [3.8, 4) is 22.8 Å². The SMILES string of the molecule is CCCc1c(O)ccc2c(=O)cc(-c3cccc(O)c3)oc12. The molecule has 22 heavy (non-hydrogen) atoms. The van der Waals surface area contributed by atoms with Crippen LogP contribution in [0.3, 0.4) is 0 Å². The molecule has 0 fully saturated rings. The van der Waals surface area contributed by atoms with Gasteiger partial charge in [-0.2, -0.15) is 0 Å². The molecule has 0 saturated carbocycles. The van der Waals surface area contributed by atoms with Crippen LogP contribution in [-0.4, -0.2) is 10.2 Å². The van der Waals surface area contributed by atoms with Crippen molar-refractivity contribution >= 4 is 11.0 Å². The first kappa shape index (κ1) is 14.2. The van der Waals surface area contributed by atoms with Crippen LogP contribution in [-0.2, 0) is 6.42 Å². The van der Waals surface area contributed by atoms with Gasteiger partial charge < -0.3 is 14.6 Å². The molecule has 4 heteroatoms. The third kappa shape index (κ3) is 2.44. The van der Waals surface area contributed by atoms with Crippen LogP contribution in [0.2, 0.25) is 0 Å². The molecule has 2 N–H and O–H groups in total. The molecule has 0 saturated heterocycles. The molecule has 4 nitrogen and oxygen atoms in total. The maximum Gasteiger partial charge on any atom is 0.193 e. The zero-order valence-electron chi connectivity index (χ0n) is 12.2. The van der Waals surface area contributed by atoms with Crippen LogP contribution in [0.5, 0.6) is 11.5 Å². The molecule has 0 aliphatic heterocycles. The summed E-state index contributed by atoms with van der Waals surface area (Å²) in [5.41, 5.74) is 1.49. The quantitative estimate of drug-likeness (QED) is 0.770. The van der Waals surface area contributed by atoms with Gasteiger partial charge in [0, 0.05) is 17.2 Å². The maximum absolute atomic E-state index is 12.3. The molecule has 0 amide bonds. The highest BCUT2D eigenvalue weighted by Gasteiger charge is 2.13. The van der Waals surface area contributed by atoms with Gasteiger partial charge in [0.15, 0.2) is 5.43 Å². The minimum Gasteiger partial charge on any atom is -0.508 e. The molecule has 0 bridgehead atoms. The standard InChI is InChI=1S/C18H16O4/c1-2-4-13-15(20)8-7-14-16(21)10-17(22-18(13)14)11-5-3-6-12(19)9-11/h3,5-10,19-20H,2,4H2,1H3. The van der Waals surface area contributed by atoms with E-state index in [2.05, 4.69) is 0 Å². The number of phenolic OH excluding ortho intramolecular Hbond substituents is 2. The summed E-state index contributed by atoms with van der Waals surface area (Å²) in [6, 6.07) is 11.0. The number of aromatic hydroxyl groups is 2. The van der Waals surface area contributed by atoms with E-state index < -0.39 is 0 Å². The molecular weight excluding hydrogens is 280 g/mol. The van der Waals surface area contributed by atoms with Crippen molar-refractivity contribution in [3.63, 3.8) is 0 Å². The van der Waals surface area contributed by atoms with Crippen molar-refractivity contribution in [2.75, 3.05) is 0 Å². The third-order valence-electron chi connectivity index (χ3n) is 3.61. The van der Waals surface area contributed by atoms with E-state index in [1.54, 1.807) is 24.3 Å². The highest BCUT2D eigenvalue weighted by atomic mass is 16.3. The second-order valence-corrected chi connectivity index (χ2v) is 5.22. The summed E-state index contributed by atoms with van der Waals surface area (Å²) in [7, 11) is 0. The highest BCUT2D eigenvalue weighted by Crippen LogP contribution is 2.31. The van der Waals surface area contributed by atoms with Crippen molar-refractivity contribution in [2.24, 2.45) is 0 Å². The zero-order chi connectivity index (χ0) is 15.7. The third-order valence-corrected chi connectivity index (χ3v) is 3.61. The molecule has 0 atom stereocenters. The number of benzene rings is 2. The smallest absolute Gasteiger partial charge is 0.193 e. The fraction of sp³-hybridized carbons (Fsp3) is 0.167. The summed E-state index contributed by atoms with van der Waals surface area (Å²) in [4.78, 5) is 12.3. The van der Waals surface area contributed by atoms with Crippen LogP contribution in [0.1, 0.15) is 18.9 Å². The molecule has 3 aromatic rings. The number of hydrogen-bond acceptors (Lipinski definition) is 4. The lowest BCUT2D eigenvalue weighted by Crippen LogP contribution is -2.02. The predicted molar refractivity (Wildman–Crippen MR) is 85.2 cm³/mol. The van der Waals surface area contributed by atoms with Gasteiger partial charge in [0.1, 0.15) is 22.8 Å². The molecule has 0 aliphatic carbocycles. The molecule has 0 radical (unpaired) electrons. The summed E-state index contributed by atoms with van der Waals surface area (Å²) in [6.45, 7) is 2.00. The Hall–Kier alpha value is -2.75. The number of aryl methyl sites for hydroxylation is 1. The number of fused-ring (bicyclic) bond motifs is 1. The Kier molecular flexibility index (Phi) is 3.59. The van der Waals surface area contributed by atoms with E-state index in [-0.39, 0.29) is 16.9 Å². The predicted octanol–water partition coefficient (Wildman–Crippen LogP) is 3.82. The van der Waals surface area contributed by atoms with Gasteiger partial charge in [-0.1, -0.05) is 25.5 Å². The molecule has 3 rings (SSSR count). The van der Waals surface area contributed by atoms with Gasteiger partial charge in [-0.25, -0.2) is 0 Å². The first-order valence-electron chi connectivity index (χ1n) is 7.18. The molecule has 112 valence electrons. The monoisotopic (exact) mass is 296 g/mol. The minimum absolute atomic E-state index is 0.102. The molecule has 1 heterocycles. The summed E-state index contributed by atoms with van der Waals surface area (Å²) in [5.74, 6) is 0.604. The van der Waals surface area contributed by atoms with Crippen LogP contribution in [0.25, 0.3) is 22.3 Å². The molecule has 0 spiro atoms. The summed E-state index contributed by atoms with van der Waals surface area (Å²) in [5, 5.41) is 20.1. The average Bonchev–Trinajstić information content (AvgIpc) is 2.50.